The summed E-state index contributed by atoms with van der Waals surface area (Å²) in [4.78, 5) is 12.5. The molecule has 0 saturated carbocycles. The Labute approximate surface area is 98.4 Å². The van der Waals surface area contributed by atoms with Crippen molar-refractivity contribution in [1.29, 1.82) is 0 Å². The van der Waals surface area contributed by atoms with Gasteiger partial charge in [0.15, 0.2) is 0 Å². The van der Waals surface area contributed by atoms with E-state index in [0.29, 0.717) is 5.92 Å². The van der Waals surface area contributed by atoms with E-state index >= 15 is 0 Å². The number of likely N-dealkylation sites (tertiary alicyclic amines) is 1. The fourth-order valence-corrected chi connectivity index (χ4v) is 2.55. The average molecular weight is 268 g/mol. The minimum atomic E-state index is 0.619. The van der Waals surface area contributed by atoms with Gasteiger partial charge in [-0.25, -0.2) is 0 Å². The fraction of sp³-hybridized carbons (Fsp3) is 0.417. The van der Waals surface area contributed by atoms with Crippen LogP contribution < -0.4 is 0 Å². The SMILES string of the molecule is O=CN1CCC(Cc2ccccc2Br)C1. The molecule has 0 aliphatic carbocycles. The number of hydrogen-bond acceptors (Lipinski definition) is 1. The largest absolute Gasteiger partial charge is 0.345 e. The third-order valence-corrected chi connectivity index (χ3v) is 3.71. The molecule has 1 aliphatic rings. The maximum absolute atomic E-state index is 10.6. The van der Waals surface area contributed by atoms with Gasteiger partial charge < -0.3 is 4.90 Å². The maximum Gasteiger partial charge on any atom is 0.209 e. The van der Waals surface area contributed by atoms with E-state index in [1.54, 1.807) is 0 Å². The van der Waals surface area contributed by atoms with E-state index in [1.807, 2.05) is 11.0 Å². The topological polar surface area (TPSA) is 20.3 Å². The summed E-state index contributed by atoms with van der Waals surface area (Å²) in [6.45, 7) is 1.82. The first-order chi connectivity index (χ1) is 7.29. The van der Waals surface area contributed by atoms with Crippen LogP contribution in [0.15, 0.2) is 28.7 Å². The Hall–Kier alpha value is -0.830. The Kier molecular flexibility index (Phi) is 3.41. The first kappa shape index (κ1) is 10.7. The lowest BCUT2D eigenvalue weighted by Gasteiger charge is -2.11. The van der Waals surface area contributed by atoms with Crippen LogP contribution in [-0.4, -0.2) is 24.4 Å². The van der Waals surface area contributed by atoms with Crippen molar-refractivity contribution in [3.8, 4) is 0 Å². The van der Waals surface area contributed by atoms with Gasteiger partial charge in [-0.3, -0.25) is 4.79 Å². The summed E-state index contributed by atoms with van der Waals surface area (Å²) in [6, 6.07) is 8.31. The molecule has 1 saturated heterocycles. The van der Waals surface area contributed by atoms with Gasteiger partial charge in [-0.2, -0.15) is 0 Å². The molecule has 1 unspecified atom stereocenters. The molecule has 0 spiro atoms. The van der Waals surface area contributed by atoms with Gasteiger partial charge >= 0.3 is 0 Å². The fourth-order valence-electron chi connectivity index (χ4n) is 2.10. The molecular formula is C12H14BrNO. The minimum Gasteiger partial charge on any atom is -0.345 e. The third-order valence-electron chi connectivity index (χ3n) is 2.93. The number of benzene rings is 1. The van der Waals surface area contributed by atoms with Crippen LogP contribution in [0.1, 0.15) is 12.0 Å². The van der Waals surface area contributed by atoms with Crippen molar-refractivity contribution < 1.29 is 4.79 Å². The molecule has 0 aromatic heterocycles. The Morgan fingerprint density at radius 3 is 2.93 bits per heavy atom. The predicted octanol–water partition coefficient (Wildman–Crippen LogP) is 2.47. The van der Waals surface area contributed by atoms with Crippen molar-refractivity contribution in [2.24, 2.45) is 5.92 Å². The van der Waals surface area contributed by atoms with Crippen LogP contribution in [0.3, 0.4) is 0 Å². The van der Waals surface area contributed by atoms with E-state index in [0.717, 1.165) is 32.3 Å². The van der Waals surface area contributed by atoms with E-state index in [-0.39, 0.29) is 0 Å². The van der Waals surface area contributed by atoms with E-state index in [2.05, 4.69) is 34.1 Å². The molecule has 0 radical (unpaired) electrons. The number of rotatable bonds is 3. The Morgan fingerprint density at radius 2 is 2.27 bits per heavy atom. The standard InChI is InChI=1S/C12H14BrNO/c13-12-4-2-1-3-11(12)7-10-5-6-14(8-10)9-15/h1-4,9-10H,5-8H2. The Morgan fingerprint density at radius 1 is 1.47 bits per heavy atom. The molecule has 1 aromatic carbocycles. The van der Waals surface area contributed by atoms with Crippen LogP contribution in [0.4, 0.5) is 0 Å². The summed E-state index contributed by atoms with van der Waals surface area (Å²) in [5.41, 5.74) is 1.34. The second kappa shape index (κ2) is 4.79. The molecule has 15 heavy (non-hydrogen) atoms. The van der Waals surface area contributed by atoms with Gasteiger partial charge in [0.25, 0.3) is 0 Å². The molecule has 1 aliphatic heterocycles. The molecule has 1 fully saturated rings. The predicted molar refractivity (Wildman–Crippen MR) is 63.6 cm³/mol. The Bertz CT molecular complexity index is 353. The zero-order valence-electron chi connectivity index (χ0n) is 8.53. The number of carbonyl (C=O) groups is 1. The van der Waals surface area contributed by atoms with E-state index < -0.39 is 0 Å². The number of nitrogens with zero attached hydrogens (tertiary/aromatic N) is 1. The van der Waals surface area contributed by atoms with Crippen molar-refractivity contribution in [3.05, 3.63) is 34.3 Å². The van der Waals surface area contributed by atoms with Gasteiger partial charge in [-0.15, -0.1) is 0 Å². The highest BCUT2D eigenvalue weighted by molar-refractivity contribution is 9.10. The molecule has 1 aromatic rings. The summed E-state index contributed by atoms with van der Waals surface area (Å²) in [5.74, 6) is 0.619. The molecule has 1 atom stereocenters. The number of hydrogen-bond donors (Lipinski definition) is 0. The van der Waals surface area contributed by atoms with Gasteiger partial charge in [0.2, 0.25) is 6.41 Å². The molecule has 0 bridgehead atoms. The first-order valence-electron chi connectivity index (χ1n) is 5.22. The van der Waals surface area contributed by atoms with Crippen LogP contribution in [0.5, 0.6) is 0 Å². The van der Waals surface area contributed by atoms with Crippen molar-refractivity contribution in [2.75, 3.05) is 13.1 Å². The lowest BCUT2D eigenvalue weighted by Crippen LogP contribution is -2.18. The Balaban J connectivity index is 1.98. The summed E-state index contributed by atoms with van der Waals surface area (Å²) in [7, 11) is 0. The second-order valence-corrected chi connectivity index (χ2v) is 4.90. The normalized spacial score (nSPS) is 20.6. The summed E-state index contributed by atoms with van der Waals surface area (Å²) in [5, 5.41) is 0. The van der Waals surface area contributed by atoms with Crippen LogP contribution in [-0.2, 0) is 11.2 Å². The highest BCUT2D eigenvalue weighted by Crippen LogP contribution is 2.24. The summed E-state index contributed by atoms with van der Waals surface area (Å²) < 4.78 is 1.18. The molecule has 0 N–H and O–H groups in total. The second-order valence-electron chi connectivity index (χ2n) is 4.05. The molecule has 1 amide bonds. The molecular weight excluding hydrogens is 254 g/mol. The number of carbonyl (C=O) groups excluding carboxylic acids is 1. The lowest BCUT2D eigenvalue weighted by atomic mass is 9.99. The van der Waals surface area contributed by atoms with Crippen molar-refractivity contribution in [2.45, 2.75) is 12.8 Å². The average Bonchev–Trinajstić information content (AvgIpc) is 2.69. The third kappa shape index (κ3) is 2.59. The smallest absolute Gasteiger partial charge is 0.209 e. The van der Waals surface area contributed by atoms with Gasteiger partial charge in [0, 0.05) is 17.6 Å². The minimum absolute atomic E-state index is 0.619. The van der Waals surface area contributed by atoms with Gasteiger partial charge in [-0.05, 0) is 30.4 Å². The highest BCUT2D eigenvalue weighted by atomic mass is 79.9. The molecule has 2 nitrogen and oxygen atoms in total. The summed E-state index contributed by atoms with van der Waals surface area (Å²) >= 11 is 3.55. The van der Waals surface area contributed by atoms with E-state index in [4.69, 9.17) is 0 Å². The van der Waals surface area contributed by atoms with E-state index in [9.17, 15) is 4.79 Å². The van der Waals surface area contributed by atoms with Gasteiger partial charge in [0.05, 0.1) is 0 Å². The van der Waals surface area contributed by atoms with Crippen LogP contribution >= 0.6 is 15.9 Å². The van der Waals surface area contributed by atoms with Crippen molar-refractivity contribution in [1.82, 2.24) is 4.90 Å². The van der Waals surface area contributed by atoms with Gasteiger partial charge in [0.1, 0.15) is 0 Å². The van der Waals surface area contributed by atoms with E-state index in [1.165, 1.54) is 10.0 Å². The molecule has 3 heteroatoms. The quantitative estimate of drug-likeness (QED) is 0.771. The highest BCUT2D eigenvalue weighted by Gasteiger charge is 2.21. The zero-order valence-corrected chi connectivity index (χ0v) is 10.1. The molecule has 1 heterocycles. The molecule has 2 rings (SSSR count). The van der Waals surface area contributed by atoms with Crippen molar-refractivity contribution >= 4 is 22.3 Å². The van der Waals surface area contributed by atoms with Crippen LogP contribution in [0.25, 0.3) is 0 Å². The maximum atomic E-state index is 10.6. The first-order valence-corrected chi connectivity index (χ1v) is 6.01. The number of halogens is 1. The van der Waals surface area contributed by atoms with Crippen LogP contribution in [0.2, 0.25) is 0 Å². The van der Waals surface area contributed by atoms with Gasteiger partial charge in [-0.1, -0.05) is 34.1 Å². The monoisotopic (exact) mass is 267 g/mol. The number of amides is 1. The zero-order chi connectivity index (χ0) is 10.7. The molecule has 80 valence electrons. The summed E-state index contributed by atoms with van der Waals surface area (Å²) in [6.07, 6.45) is 3.14. The van der Waals surface area contributed by atoms with Crippen LogP contribution in [0, 0.1) is 5.92 Å². The van der Waals surface area contributed by atoms with Crippen molar-refractivity contribution in [3.63, 3.8) is 0 Å². The lowest BCUT2D eigenvalue weighted by molar-refractivity contribution is -0.117.